The van der Waals surface area contributed by atoms with Crippen molar-refractivity contribution in [1.82, 2.24) is 5.32 Å². The van der Waals surface area contributed by atoms with E-state index in [1.54, 1.807) is 0 Å². The molecule has 20 heavy (non-hydrogen) atoms. The smallest absolute Gasteiger partial charge is 0.271 e. The van der Waals surface area contributed by atoms with Crippen molar-refractivity contribution < 1.29 is 4.92 Å². The van der Waals surface area contributed by atoms with E-state index in [4.69, 9.17) is 23.8 Å². The van der Waals surface area contributed by atoms with Gasteiger partial charge in [0, 0.05) is 18.2 Å². The summed E-state index contributed by atoms with van der Waals surface area (Å²) in [4.78, 5) is 10.3. The first-order valence-corrected chi connectivity index (χ1v) is 7.26. The van der Waals surface area contributed by atoms with Crippen LogP contribution in [0.25, 0.3) is 0 Å². The van der Waals surface area contributed by atoms with Gasteiger partial charge >= 0.3 is 0 Å². The summed E-state index contributed by atoms with van der Waals surface area (Å²) in [5.74, 6) is 0.705. The molecule has 7 heteroatoms. The molecular formula is C13H16ClN3O2S. The average molecular weight is 314 g/mol. The first-order valence-electron chi connectivity index (χ1n) is 6.47. The van der Waals surface area contributed by atoms with Gasteiger partial charge in [-0.3, -0.25) is 10.1 Å². The zero-order chi connectivity index (χ0) is 14.7. The monoisotopic (exact) mass is 313 g/mol. The van der Waals surface area contributed by atoms with Crippen molar-refractivity contribution in [2.24, 2.45) is 5.92 Å². The summed E-state index contributed by atoms with van der Waals surface area (Å²) in [6, 6.07) is 4.60. The van der Waals surface area contributed by atoms with Crippen LogP contribution in [0.1, 0.15) is 26.2 Å². The lowest BCUT2D eigenvalue weighted by molar-refractivity contribution is -0.384. The van der Waals surface area contributed by atoms with Crippen LogP contribution in [0, 0.1) is 16.0 Å². The lowest BCUT2D eigenvalue weighted by Gasteiger charge is -2.16. The molecule has 2 rings (SSSR count). The molecule has 0 heterocycles. The van der Waals surface area contributed by atoms with Gasteiger partial charge in [0.25, 0.3) is 5.69 Å². The van der Waals surface area contributed by atoms with Crippen LogP contribution >= 0.6 is 23.8 Å². The minimum absolute atomic E-state index is 0.0193. The molecule has 0 radical (unpaired) electrons. The highest BCUT2D eigenvalue weighted by Gasteiger charge is 2.22. The number of rotatable bonds is 3. The Labute approximate surface area is 127 Å². The number of hydrogen-bond donors (Lipinski definition) is 2. The van der Waals surface area contributed by atoms with Crippen molar-refractivity contribution in [3.63, 3.8) is 0 Å². The third-order valence-corrected chi connectivity index (χ3v) is 3.99. The Morgan fingerprint density at radius 3 is 2.85 bits per heavy atom. The van der Waals surface area contributed by atoms with E-state index in [1.807, 2.05) is 0 Å². The molecule has 1 aliphatic rings. The Hall–Kier alpha value is -1.40. The number of halogens is 1. The van der Waals surface area contributed by atoms with E-state index in [9.17, 15) is 10.1 Å². The predicted octanol–water partition coefficient (Wildman–Crippen LogP) is 3.72. The lowest BCUT2D eigenvalue weighted by Crippen LogP contribution is -2.36. The maximum atomic E-state index is 10.8. The minimum Gasteiger partial charge on any atom is -0.360 e. The maximum absolute atomic E-state index is 10.8. The number of nitrogens with zero attached hydrogens (tertiary/aromatic N) is 1. The number of nitro groups is 1. The van der Waals surface area contributed by atoms with Crippen LogP contribution in [0.5, 0.6) is 0 Å². The Morgan fingerprint density at radius 2 is 2.25 bits per heavy atom. The molecule has 1 fully saturated rings. The van der Waals surface area contributed by atoms with Crippen LogP contribution < -0.4 is 10.6 Å². The minimum atomic E-state index is -0.462. The van der Waals surface area contributed by atoms with Crippen LogP contribution in [0.3, 0.4) is 0 Å². The number of nitrogens with one attached hydrogen (secondary N) is 2. The number of hydrogen-bond acceptors (Lipinski definition) is 3. The van der Waals surface area contributed by atoms with Crippen molar-refractivity contribution in [3.05, 3.63) is 33.3 Å². The summed E-state index contributed by atoms with van der Waals surface area (Å²) in [6.07, 6.45) is 3.37. The molecule has 2 N–H and O–H groups in total. The van der Waals surface area contributed by atoms with E-state index in [0.717, 1.165) is 12.8 Å². The van der Waals surface area contributed by atoms with Crippen LogP contribution in [0.15, 0.2) is 18.2 Å². The Kier molecular flexibility index (Phi) is 4.77. The molecule has 1 aliphatic carbocycles. The molecule has 0 bridgehead atoms. The normalized spacial score (nSPS) is 21.5. The number of non-ortho nitro benzene ring substituents is 1. The third-order valence-electron chi connectivity index (χ3n) is 3.44. The molecule has 5 nitrogen and oxygen atoms in total. The Morgan fingerprint density at radius 1 is 1.50 bits per heavy atom. The summed E-state index contributed by atoms with van der Waals surface area (Å²) in [7, 11) is 0. The molecule has 1 aromatic carbocycles. The van der Waals surface area contributed by atoms with Crippen molar-refractivity contribution in [1.29, 1.82) is 0 Å². The molecule has 0 saturated heterocycles. The summed E-state index contributed by atoms with van der Waals surface area (Å²) >= 11 is 11.2. The highest BCUT2D eigenvalue weighted by molar-refractivity contribution is 7.80. The van der Waals surface area contributed by atoms with E-state index in [1.165, 1.54) is 24.6 Å². The first kappa shape index (κ1) is 15.0. The van der Waals surface area contributed by atoms with Gasteiger partial charge in [-0.2, -0.15) is 0 Å². The van der Waals surface area contributed by atoms with E-state index in [-0.39, 0.29) is 5.69 Å². The van der Waals surface area contributed by atoms with Gasteiger partial charge < -0.3 is 10.6 Å². The highest BCUT2D eigenvalue weighted by Crippen LogP contribution is 2.27. The molecule has 2 unspecified atom stereocenters. The fraction of sp³-hybridized carbons (Fsp3) is 0.462. The molecule has 1 aromatic rings. The fourth-order valence-electron chi connectivity index (χ4n) is 2.40. The van der Waals surface area contributed by atoms with Gasteiger partial charge in [-0.05, 0) is 43.5 Å². The predicted molar refractivity (Wildman–Crippen MR) is 84.3 cm³/mol. The zero-order valence-corrected chi connectivity index (χ0v) is 12.6. The van der Waals surface area contributed by atoms with Crippen LogP contribution in [0.4, 0.5) is 11.4 Å². The molecule has 0 aromatic heterocycles. The molecule has 0 amide bonds. The van der Waals surface area contributed by atoms with Crippen LogP contribution in [-0.4, -0.2) is 16.1 Å². The van der Waals surface area contributed by atoms with E-state index in [2.05, 4.69) is 17.6 Å². The lowest BCUT2D eigenvalue weighted by atomic mass is 10.1. The van der Waals surface area contributed by atoms with Crippen molar-refractivity contribution in [3.8, 4) is 0 Å². The van der Waals surface area contributed by atoms with Gasteiger partial charge in [0.1, 0.15) is 0 Å². The third kappa shape index (κ3) is 3.80. The fourth-order valence-corrected chi connectivity index (χ4v) is 2.85. The molecular weight excluding hydrogens is 298 g/mol. The highest BCUT2D eigenvalue weighted by atomic mass is 35.5. The molecule has 0 aliphatic heterocycles. The number of thiocarbonyl (C=S) groups is 1. The van der Waals surface area contributed by atoms with E-state index in [0.29, 0.717) is 27.8 Å². The van der Waals surface area contributed by atoms with Gasteiger partial charge in [-0.15, -0.1) is 0 Å². The second-order valence-electron chi connectivity index (χ2n) is 5.13. The number of nitro benzene ring substituents is 1. The van der Waals surface area contributed by atoms with Gasteiger partial charge in [0.2, 0.25) is 0 Å². The quantitative estimate of drug-likeness (QED) is 0.505. The van der Waals surface area contributed by atoms with Gasteiger partial charge in [0.15, 0.2) is 5.11 Å². The van der Waals surface area contributed by atoms with Crippen LogP contribution in [-0.2, 0) is 0 Å². The number of anilines is 1. The SMILES string of the molecule is CC1CCC(NC(=S)Nc2cc([N+](=O)[O-])ccc2Cl)C1. The largest absolute Gasteiger partial charge is 0.360 e. The van der Waals surface area contributed by atoms with Crippen LogP contribution in [0.2, 0.25) is 5.02 Å². The van der Waals surface area contributed by atoms with E-state index >= 15 is 0 Å². The summed E-state index contributed by atoms with van der Waals surface area (Å²) in [5, 5.41) is 17.8. The average Bonchev–Trinajstić information content (AvgIpc) is 2.77. The second-order valence-corrected chi connectivity index (χ2v) is 5.95. The Bertz CT molecular complexity index is 538. The van der Waals surface area contributed by atoms with Crippen molar-refractivity contribution in [2.75, 3.05) is 5.32 Å². The van der Waals surface area contributed by atoms with Gasteiger partial charge in [-0.1, -0.05) is 18.5 Å². The van der Waals surface area contributed by atoms with Gasteiger partial charge in [-0.25, -0.2) is 0 Å². The van der Waals surface area contributed by atoms with Crippen molar-refractivity contribution in [2.45, 2.75) is 32.2 Å². The molecule has 108 valence electrons. The molecule has 1 saturated carbocycles. The van der Waals surface area contributed by atoms with Gasteiger partial charge in [0.05, 0.1) is 15.6 Å². The second kappa shape index (κ2) is 6.37. The molecule has 0 spiro atoms. The standard InChI is InChI=1S/C13H16ClN3O2S/c1-8-2-3-9(6-8)15-13(20)16-12-7-10(17(18)19)4-5-11(12)14/h4-5,7-9H,2-3,6H2,1H3,(H2,15,16,20). The summed E-state index contributed by atoms with van der Waals surface area (Å²) in [6.45, 7) is 2.22. The molecule has 2 atom stereocenters. The number of benzene rings is 1. The summed E-state index contributed by atoms with van der Waals surface area (Å²) in [5.41, 5.74) is 0.429. The van der Waals surface area contributed by atoms with Crippen molar-refractivity contribution >= 4 is 40.3 Å². The maximum Gasteiger partial charge on any atom is 0.271 e. The summed E-state index contributed by atoms with van der Waals surface area (Å²) < 4.78 is 0. The first-order chi connectivity index (χ1) is 9.45. The van der Waals surface area contributed by atoms with E-state index < -0.39 is 4.92 Å². The Balaban J connectivity index is 2.00. The topological polar surface area (TPSA) is 67.2 Å². The zero-order valence-electron chi connectivity index (χ0n) is 11.1.